The summed E-state index contributed by atoms with van der Waals surface area (Å²) in [6.07, 6.45) is 8.34. The van der Waals surface area contributed by atoms with Crippen molar-refractivity contribution < 1.29 is 9.90 Å². The van der Waals surface area contributed by atoms with E-state index in [1.165, 1.54) is 0 Å². The molecular weight excluding hydrogens is 286 g/mol. The van der Waals surface area contributed by atoms with Crippen molar-refractivity contribution in [2.24, 2.45) is 11.8 Å². The maximum atomic E-state index is 12.3. The van der Waals surface area contributed by atoms with Gasteiger partial charge in [-0.1, -0.05) is 12.8 Å². The highest BCUT2D eigenvalue weighted by Gasteiger charge is 2.35. The summed E-state index contributed by atoms with van der Waals surface area (Å²) in [5.41, 5.74) is 0. The molecule has 5 nitrogen and oxygen atoms in total. The average Bonchev–Trinajstić information content (AvgIpc) is 3.19. The van der Waals surface area contributed by atoms with E-state index in [4.69, 9.17) is 0 Å². The Hall–Kier alpha value is -1.14. The Balaban J connectivity index is 1.57. The van der Waals surface area contributed by atoms with E-state index in [0.29, 0.717) is 5.92 Å². The fraction of sp³-hybridized carbons (Fsp3) is 0.733. The number of aromatic nitrogens is 1. The van der Waals surface area contributed by atoms with Crippen molar-refractivity contribution >= 4 is 17.4 Å². The van der Waals surface area contributed by atoms with Crippen molar-refractivity contribution in [2.75, 3.05) is 6.61 Å². The first-order valence-corrected chi connectivity index (χ1v) is 8.73. The van der Waals surface area contributed by atoms with Crippen LogP contribution >= 0.6 is 11.3 Å². The van der Waals surface area contributed by atoms with Crippen LogP contribution in [0.15, 0.2) is 11.6 Å². The lowest BCUT2D eigenvalue weighted by Gasteiger charge is -2.31. The highest BCUT2D eigenvalue weighted by atomic mass is 32.1. The summed E-state index contributed by atoms with van der Waals surface area (Å²) in [5.74, 6) is 0.727. The Morgan fingerprint density at radius 2 is 2.19 bits per heavy atom. The van der Waals surface area contributed by atoms with Gasteiger partial charge in [0.05, 0.1) is 6.04 Å². The zero-order valence-electron chi connectivity index (χ0n) is 12.1. The number of hydrogen-bond donors (Lipinski definition) is 3. The number of carbonyl (C=O) groups excluding carboxylic acids is 1. The van der Waals surface area contributed by atoms with Crippen LogP contribution in [-0.4, -0.2) is 28.8 Å². The number of thiazole rings is 1. The Morgan fingerprint density at radius 3 is 2.86 bits per heavy atom. The molecule has 3 N–H and O–H groups in total. The van der Waals surface area contributed by atoms with Crippen LogP contribution in [0.3, 0.4) is 0 Å². The highest BCUT2D eigenvalue weighted by Crippen LogP contribution is 2.41. The molecule has 3 atom stereocenters. The molecular formula is C15H23N3O2S. The van der Waals surface area contributed by atoms with Crippen LogP contribution in [0.1, 0.15) is 49.6 Å². The van der Waals surface area contributed by atoms with Gasteiger partial charge in [-0.25, -0.2) is 9.78 Å². The molecule has 0 spiro atoms. The number of rotatable bonds is 5. The van der Waals surface area contributed by atoms with E-state index in [1.807, 2.05) is 5.38 Å². The van der Waals surface area contributed by atoms with Gasteiger partial charge in [0, 0.05) is 30.1 Å². The minimum absolute atomic E-state index is 0.0427. The van der Waals surface area contributed by atoms with Crippen LogP contribution in [0, 0.1) is 11.8 Å². The third-order valence-electron chi connectivity index (χ3n) is 4.56. The molecule has 0 saturated heterocycles. The van der Waals surface area contributed by atoms with Crippen molar-refractivity contribution in [3.8, 4) is 0 Å². The lowest BCUT2D eigenvalue weighted by Crippen LogP contribution is -2.48. The smallest absolute Gasteiger partial charge is 0.315 e. The molecule has 1 aromatic rings. The second-order valence-electron chi connectivity index (χ2n) is 6.14. The summed E-state index contributed by atoms with van der Waals surface area (Å²) < 4.78 is 0. The van der Waals surface area contributed by atoms with Crippen LogP contribution < -0.4 is 10.6 Å². The summed E-state index contributed by atoms with van der Waals surface area (Å²) >= 11 is 1.60. The molecule has 3 rings (SSSR count). The first-order chi connectivity index (χ1) is 10.3. The molecule has 0 radical (unpaired) electrons. The highest BCUT2D eigenvalue weighted by molar-refractivity contribution is 7.09. The van der Waals surface area contributed by atoms with E-state index in [-0.39, 0.29) is 30.6 Å². The number of carbonyl (C=O) groups is 1. The molecule has 2 fully saturated rings. The Bertz CT molecular complexity index is 461. The van der Waals surface area contributed by atoms with Crippen molar-refractivity contribution in [1.82, 2.24) is 15.6 Å². The predicted molar refractivity (Wildman–Crippen MR) is 82.1 cm³/mol. The summed E-state index contributed by atoms with van der Waals surface area (Å²) in [5, 5.41) is 18.5. The number of nitrogens with zero attached hydrogens (tertiary/aromatic N) is 1. The average molecular weight is 309 g/mol. The molecule has 1 aromatic heterocycles. The van der Waals surface area contributed by atoms with Gasteiger partial charge in [-0.15, -0.1) is 11.3 Å². The van der Waals surface area contributed by atoms with Gasteiger partial charge in [-0.2, -0.15) is 0 Å². The number of nitrogens with one attached hydrogen (secondary N) is 2. The second-order valence-corrected chi connectivity index (χ2v) is 7.06. The van der Waals surface area contributed by atoms with Crippen molar-refractivity contribution in [2.45, 2.75) is 50.6 Å². The zero-order chi connectivity index (χ0) is 14.7. The van der Waals surface area contributed by atoms with Crippen molar-refractivity contribution in [3.05, 3.63) is 16.6 Å². The van der Waals surface area contributed by atoms with E-state index in [0.717, 1.165) is 43.5 Å². The number of urea groups is 1. The van der Waals surface area contributed by atoms with Gasteiger partial charge >= 0.3 is 6.03 Å². The Morgan fingerprint density at radius 1 is 1.38 bits per heavy atom. The molecule has 2 amide bonds. The first-order valence-electron chi connectivity index (χ1n) is 7.85. The summed E-state index contributed by atoms with van der Waals surface area (Å²) in [6, 6.07) is 0.0218. The van der Waals surface area contributed by atoms with E-state index in [2.05, 4.69) is 15.6 Å². The fourth-order valence-electron chi connectivity index (χ4n) is 3.17. The van der Waals surface area contributed by atoms with Crippen molar-refractivity contribution in [1.29, 1.82) is 0 Å². The van der Waals surface area contributed by atoms with Gasteiger partial charge < -0.3 is 15.7 Å². The van der Waals surface area contributed by atoms with Crippen molar-refractivity contribution in [3.63, 3.8) is 0 Å². The van der Waals surface area contributed by atoms with Gasteiger partial charge in [0.1, 0.15) is 5.01 Å². The molecule has 2 saturated carbocycles. The zero-order valence-corrected chi connectivity index (χ0v) is 12.9. The summed E-state index contributed by atoms with van der Waals surface area (Å²) in [4.78, 5) is 16.6. The molecule has 0 bridgehead atoms. The molecule has 21 heavy (non-hydrogen) atoms. The van der Waals surface area contributed by atoms with Gasteiger partial charge in [-0.05, 0) is 31.6 Å². The largest absolute Gasteiger partial charge is 0.396 e. The van der Waals surface area contributed by atoms with Crippen LogP contribution in [0.25, 0.3) is 0 Å². The van der Waals surface area contributed by atoms with Crippen LogP contribution in [-0.2, 0) is 0 Å². The standard InChI is InChI=1S/C15H23N3O2S/c19-9-11-3-1-2-4-12(11)17-15(20)18-13(10-5-6-10)14-16-7-8-21-14/h7-8,10-13,19H,1-6,9H2,(H2,17,18,20). The molecule has 0 aromatic carbocycles. The lowest BCUT2D eigenvalue weighted by molar-refractivity contribution is 0.153. The van der Waals surface area contributed by atoms with E-state index in [9.17, 15) is 9.90 Å². The third-order valence-corrected chi connectivity index (χ3v) is 5.42. The normalized spacial score (nSPS) is 27.1. The van der Waals surface area contributed by atoms with Crippen LogP contribution in [0.5, 0.6) is 0 Å². The lowest BCUT2D eigenvalue weighted by atomic mass is 9.85. The monoisotopic (exact) mass is 309 g/mol. The maximum absolute atomic E-state index is 12.3. The number of amides is 2. The molecule has 0 aliphatic heterocycles. The van der Waals surface area contributed by atoms with E-state index >= 15 is 0 Å². The fourth-order valence-corrected chi connectivity index (χ4v) is 3.95. The second kappa shape index (κ2) is 6.75. The van der Waals surface area contributed by atoms with Gasteiger partial charge in [-0.3, -0.25) is 0 Å². The Labute approximate surface area is 129 Å². The van der Waals surface area contributed by atoms with Crippen LogP contribution in [0.4, 0.5) is 4.79 Å². The molecule has 3 unspecified atom stereocenters. The molecule has 2 aliphatic carbocycles. The molecule has 1 heterocycles. The number of hydrogen-bond acceptors (Lipinski definition) is 4. The van der Waals surface area contributed by atoms with Gasteiger partial charge in [0.25, 0.3) is 0 Å². The number of aliphatic hydroxyl groups is 1. The molecule has 116 valence electrons. The quantitative estimate of drug-likeness (QED) is 0.782. The third kappa shape index (κ3) is 3.74. The summed E-state index contributed by atoms with van der Waals surface area (Å²) in [7, 11) is 0. The van der Waals surface area contributed by atoms with Gasteiger partial charge in [0.2, 0.25) is 0 Å². The Kier molecular flexibility index (Phi) is 4.75. The van der Waals surface area contributed by atoms with E-state index in [1.54, 1.807) is 17.5 Å². The number of aliphatic hydroxyl groups excluding tert-OH is 1. The maximum Gasteiger partial charge on any atom is 0.315 e. The van der Waals surface area contributed by atoms with E-state index < -0.39 is 0 Å². The van der Waals surface area contributed by atoms with Gasteiger partial charge in [0.15, 0.2) is 0 Å². The topological polar surface area (TPSA) is 74.2 Å². The molecule has 2 aliphatic rings. The summed E-state index contributed by atoms with van der Waals surface area (Å²) in [6.45, 7) is 0.156. The predicted octanol–water partition coefficient (Wildman–Crippen LogP) is 2.44. The minimum Gasteiger partial charge on any atom is -0.396 e. The van der Waals surface area contributed by atoms with Crippen LogP contribution in [0.2, 0.25) is 0 Å². The first kappa shape index (κ1) is 14.8. The molecule has 6 heteroatoms. The minimum atomic E-state index is -0.118. The SMILES string of the molecule is O=C(NC1CCCCC1CO)NC(c1nccs1)C1CC1.